The van der Waals surface area contributed by atoms with Crippen molar-refractivity contribution in [1.82, 2.24) is 0 Å². The van der Waals surface area contributed by atoms with E-state index < -0.39 is 14.3 Å². The molecule has 0 aliphatic heterocycles. The van der Waals surface area contributed by atoms with Gasteiger partial charge in [0.2, 0.25) is 0 Å². The summed E-state index contributed by atoms with van der Waals surface area (Å²) in [5.41, 5.74) is 1.46. The number of allylic oxidation sites excluding steroid dienone is 1. The molecule has 0 unspecified atom stereocenters. The molecule has 1 aromatic carbocycles. The second kappa shape index (κ2) is 10.1. The topological polar surface area (TPSA) is 65.0 Å². The fourth-order valence-electron chi connectivity index (χ4n) is 5.94. The Morgan fingerprint density at radius 2 is 1.91 bits per heavy atom. The summed E-state index contributed by atoms with van der Waals surface area (Å²) in [6, 6.07) is 8.09. The largest absolute Gasteiger partial charge is 0.511 e. The highest BCUT2D eigenvalue weighted by Gasteiger charge is 2.58. The van der Waals surface area contributed by atoms with E-state index in [1.165, 1.54) is 12.7 Å². The van der Waals surface area contributed by atoms with Gasteiger partial charge in [-0.05, 0) is 80.3 Å². The highest BCUT2D eigenvalue weighted by atomic mass is 28.4. The van der Waals surface area contributed by atoms with Crippen LogP contribution in [-0.2, 0) is 20.4 Å². The van der Waals surface area contributed by atoms with Crippen LogP contribution in [0.2, 0.25) is 18.1 Å². The van der Waals surface area contributed by atoms with Crippen LogP contribution in [0.4, 0.5) is 0 Å². The molecule has 3 rings (SSSR count). The number of hydrogen-bond acceptors (Lipinski definition) is 5. The van der Waals surface area contributed by atoms with Crippen LogP contribution in [0.15, 0.2) is 35.6 Å². The summed E-state index contributed by atoms with van der Waals surface area (Å²) in [6.45, 7) is 13.6. The van der Waals surface area contributed by atoms with Gasteiger partial charge in [-0.25, -0.2) is 4.79 Å². The molecule has 0 aromatic heterocycles. The molecule has 0 bridgehead atoms. The van der Waals surface area contributed by atoms with Crippen molar-refractivity contribution in [1.29, 1.82) is 0 Å². The van der Waals surface area contributed by atoms with Crippen LogP contribution in [0.5, 0.6) is 5.75 Å². The Hall–Kier alpha value is -1.79. The number of esters is 1. The third kappa shape index (κ3) is 4.94. The molecule has 2 aliphatic rings. The Labute approximate surface area is 207 Å². The molecule has 4 atom stereocenters. The lowest BCUT2D eigenvalue weighted by Crippen LogP contribution is -2.51. The van der Waals surface area contributed by atoms with Crippen LogP contribution >= 0.6 is 0 Å². The quantitative estimate of drug-likeness (QED) is 0.321. The SMILES string of the molecule is CC[C@]12CC(C(=O)OC)=C(O)[C@@H](CCc3cccc(OC)c3)[C@@H]1CC[C@@H]2O[Si](C)(C)C(C)(C)C. The molecule has 1 N–H and O–H groups in total. The lowest BCUT2D eigenvalue weighted by molar-refractivity contribution is -0.138. The molecule has 0 saturated heterocycles. The van der Waals surface area contributed by atoms with Gasteiger partial charge in [-0.3, -0.25) is 0 Å². The summed E-state index contributed by atoms with van der Waals surface area (Å²) in [5.74, 6) is 0.862. The second-order valence-electron chi connectivity index (χ2n) is 11.7. The average molecular weight is 489 g/mol. The minimum absolute atomic E-state index is 0.0815. The number of benzene rings is 1. The van der Waals surface area contributed by atoms with E-state index in [4.69, 9.17) is 13.9 Å². The first-order chi connectivity index (χ1) is 15.9. The minimum atomic E-state index is -2.00. The van der Waals surface area contributed by atoms with E-state index in [9.17, 15) is 9.90 Å². The van der Waals surface area contributed by atoms with Gasteiger partial charge in [0.15, 0.2) is 8.32 Å². The van der Waals surface area contributed by atoms with Crippen LogP contribution in [0, 0.1) is 17.3 Å². The number of carbonyl (C=O) groups excluding carboxylic acids is 1. The molecule has 6 heteroatoms. The van der Waals surface area contributed by atoms with Crippen molar-refractivity contribution < 1.29 is 23.8 Å². The molecule has 1 aromatic rings. The number of ether oxygens (including phenoxy) is 2. The second-order valence-corrected chi connectivity index (χ2v) is 16.4. The Bertz CT molecular complexity index is 916. The van der Waals surface area contributed by atoms with Crippen molar-refractivity contribution in [2.24, 2.45) is 17.3 Å². The van der Waals surface area contributed by atoms with E-state index in [1.54, 1.807) is 7.11 Å². The van der Waals surface area contributed by atoms with E-state index in [1.807, 2.05) is 12.1 Å². The molecule has 0 spiro atoms. The zero-order valence-electron chi connectivity index (χ0n) is 22.4. The van der Waals surface area contributed by atoms with Gasteiger partial charge in [0, 0.05) is 11.3 Å². The van der Waals surface area contributed by atoms with Gasteiger partial charge >= 0.3 is 5.97 Å². The van der Waals surface area contributed by atoms with Gasteiger partial charge in [-0.15, -0.1) is 0 Å². The maximum atomic E-state index is 12.8. The first-order valence-corrected chi connectivity index (χ1v) is 15.6. The van der Waals surface area contributed by atoms with Crippen LogP contribution in [0.3, 0.4) is 0 Å². The normalized spacial score (nSPS) is 27.5. The molecule has 34 heavy (non-hydrogen) atoms. The first-order valence-electron chi connectivity index (χ1n) is 12.7. The van der Waals surface area contributed by atoms with Crippen LogP contribution in [0.1, 0.15) is 65.4 Å². The number of methoxy groups -OCH3 is 2. The zero-order chi connectivity index (χ0) is 25.3. The van der Waals surface area contributed by atoms with Crippen LogP contribution in [-0.4, -0.2) is 39.7 Å². The number of aryl methyl sites for hydroxylation is 1. The number of carbonyl (C=O) groups is 1. The zero-order valence-corrected chi connectivity index (χ0v) is 23.4. The monoisotopic (exact) mass is 488 g/mol. The van der Waals surface area contributed by atoms with Gasteiger partial charge < -0.3 is 19.0 Å². The predicted molar refractivity (Wildman–Crippen MR) is 139 cm³/mol. The number of aliphatic hydroxyl groups excluding tert-OH is 1. The van der Waals surface area contributed by atoms with E-state index in [-0.39, 0.29) is 34.2 Å². The van der Waals surface area contributed by atoms with Gasteiger partial charge in [0.25, 0.3) is 0 Å². The summed E-state index contributed by atoms with van der Waals surface area (Å²) in [4.78, 5) is 12.8. The molecule has 5 nitrogen and oxygen atoms in total. The number of rotatable bonds is 8. The maximum absolute atomic E-state index is 12.8. The Kier molecular flexibility index (Phi) is 7.93. The van der Waals surface area contributed by atoms with Crippen LogP contribution < -0.4 is 4.74 Å². The predicted octanol–water partition coefficient (Wildman–Crippen LogP) is 6.83. The first kappa shape index (κ1) is 26.8. The molecule has 0 radical (unpaired) electrons. The van der Waals surface area contributed by atoms with Gasteiger partial charge in [-0.2, -0.15) is 0 Å². The average Bonchev–Trinajstić information content (AvgIpc) is 3.14. The summed E-state index contributed by atoms with van der Waals surface area (Å²) in [6.07, 6.45) is 5.11. The van der Waals surface area contributed by atoms with E-state index >= 15 is 0 Å². The third-order valence-corrected chi connectivity index (χ3v) is 13.5. The fraction of sp³-hybridized carbons (Fsp3) is 0.679. The lowest BCUT2D eigenvalue weighted by Gasteiger charge is -2.49. The molecule has 190 valence electrons. The smallest absolute Gasteiger partial charge is 0.337 e. The molecule has 0 amide bonds. The molecular weight excluding hydrogens is 444 g/mol. The van der Waals surface area contributed by atoms with Gasteiger partial charge in [-0.1, -0.05) is 39.8 Å². The van der Waals surface area contributed by atoms with E-state index in [0.29, 0.717) is 12.0 Å². The summed E-state index contributed by atoms with van der Waals surface area (Å²) < 4.78 is 17.5. The van der Waals surface area contributed by atoms with Crippen molar-refractivity contribution in [3.05, 3.63) is 41.2 Å². The highest BCUT2D eigenvalue weighted by Crippen LogP contribution is 2.60. The Balaban J connectivity index is 1.96. The Morgan fingerprint density at radius 1 is 1.21 bits per heavy atom. The maximum Gasteiger partial charge on any atom is 0.337 e. The van der Waals surface area contributed by atoms with E-state index in [0.717, 1.165) is 37.9 Å². The van der Waals surface area contributed by atoms with Gasteiger partial charge in [0.05, 0.1) is 25.9 Å². The number of aliphatic hydroxyl groups is 1. The standard InChI is InChI=1S/C28H44O5Si/c1-9-28-18-22(26(30)32-6)25(29)21(14-13-19-11-10-12-20(17-19)31-5)23(28)15-16-24(28)33-34(7,8)27(2,3)4/h10-12,17,21,23-24,29H,9,13-16,18H2,1-8H3/t21-,23-,24-,28-/m0/s1. The van der Waals surface area contributed by atoms with Crippen molar-refractivity contribution in [3.63, 3.8) is 0 Å². The number of fused-ring (bicyclic) bond motifs is 1. The molecule has 2 aliphatic carbocycles. The minimum Gasteiger partial charge on any atom is -0.511 e. The molecule has 1 fully saturated rings. The number of hydrogen-bond donors (Lipinski definition) is 1. The lowest BCUT2D eigenvalue weighted by atomic mass is 9.60. The third-order valence-electron chi connectivity index (χ3n) is 8.98. The molecule has 0 heterocycles. The van der Waals surface area contributed by atoms with Crippen molar-refractivity contribution >= 4 is 14.3 Å². The molecule has 1 saturated carbocycles. The Morgan fingerprint density at radius 3 is 2.50 bits per heavy atom. The highest BCUT2D eigenvalue weighted by molar-refractivity contribution is 6.74. The summed E-state index contributed by atoms with van der Waals surface area (Å²) in [5, 5.41) is 11.5. The van der Waals surface area contributed by atoms with Crippen molar-refractivity contribution in [2.45, 2.75) is 90.5 Å². The van der Waals surface area contributed by atoms with Crippen molar-refractivity contribution in [2.75, 3.05) is 14.2 Å². The van der Waals surface area contributed by atoms with Crippen molar-refractivity contribution in [3.8, 4) is 5.75 Å². The van der Waals surface area contributed by atoms with E-state index in [2.05, 4.69) is 52.9 Å². The summed E-state index contributed by atoms with van der Waals surface area (Å²) >= 11 is 0. The fourth-order valence-corrected chi connectivity index (χ4v) is 7.35. The van der Waals surface area contributed by atoms with Crippen LogP contribution in [0.25, 0.3) is 0 Å². The summed E-state index contributed by atoms with van der Waals surface area (Å²) in [7, 11) is 1.08. The molecular formula is C28H44O5Si. The van der Waals surface area contributed by atoms with Gasteiger partial charge in [0.1, 0.15) is 11.5 Å².